The summed E-state index contributed by atoms with van der Waals surface area (Å²) in [6.07, 6.45) is 0. The third-order valence-electron chi connectivity index (χ3n) is 3.58. The Morgan fingerprint density at radius 2 is 2.14 bits per heavy atom. The van der Waals surface area contributed by atoms with Gasteiger partial charge in [0, 0.05) is 19.6 Å². The summed E-state index contributed by atoms with van der Waals surface area (Å²) in [6, 6.07) is 4.48. The number of hydrogen-bond donors (Lipinski definition) is 1. The van der Waals surface area contributed by atoms with Gasteiger partial charge in [0.25, 0.3) is 5.91 Å². The van der Waals surface area contributed by atoms with Crippen LogP contribution in [0.5, 0.6) is 0 Å². The molecule has 1 atom stereocenters. The fourth-order valence-corrected chi connectivity index (χ4v) is 2.55. The third kappa shape index (κ3) is 3.32. The van der Waals surface area contributed by atoms with Gasteiger partial charge in [-0.2, -0.15) is 0 Å². The van der Waals surface area contributed by atoms with Crippen LogP contribution < -0.4 is 5.73 Å². The van der Waals surface area contributed by atoms with Crippen molar-refractivity contribution in [3.8, 4) is 0 Å². The van der Waals surface area contributed by atoms with Crippen molar-refractivity contribution in [1.82, 2.24) is 14.8 Å². The van der Waals surface area contributed by atoms with Crippen LogP contribution in [0.25, 0.3) is 0 Å². The second-order valence-corrected chi connectivity index (χ2v) is 5.80. The molecule has 0 bridgehead atoms. The molecule has 0 radical (unpaired) electrons. The summed E-state index contributed by atoms with van der Waals surface area (Å²) in [6.45, 7) is 7.73. The van der Waals surface area contributed by atoms with E-state index in [9.17, 15) is 9.59 Å². The Kier molecular flexibility index (Phi) is 4.45. The molecule has 0 aromatic carbocycles. The molecular formula is C15H22N4O2. The summed E-state index contributed by atoms with van der Waals surface area (Å²) in [5, 5.41) is 0. The molecule has 1 fully saturated rings. The van der Waals surface area contributed by atoms with Crippen LogP contribution in [0.3, 0.4) is 0 Å². The van der Waals surface area contributed by atoms with Crippen molar-refractivity contribution in [3.05, 3.63) is 23.9 Å². The zero-order valence-corrected chi connectivity index (χ0v) is 12.7. The molecule has 6 nitrogen and oxygen atoms in total. The zero-order chi connectivity index (χ0) is 15.6. The number of nitrogens with two attached hydrogens (primary N) is 1. The van der Waals surface area contributed by atoms with Gasteiger partial charge in [-0.15, -0.1) is 0 Å². The molecule has 21 heavy (non-hydrogen) atoms. The van der Waals surface area contributed by atoms with Gasteiger partial charge in [-0.3, -0.25) is 9.59 Å². The highest BCUT2D eigenvalue weighted by atomic mass is 16.2. The average Bonchev–Trinajstić information content (AvgIpc) is 2.43. The van der Waals surface area contributed by atoms with E-state index in [0.29, 0.717) is 24.8 Å². The Morgan fingerprint density at radius 1 is 1.43 bits per heavy atom. The highest BCUT2D eigenvalue weighted by Crippen LogP contribution is 2.16. The Labute approximate surface area is 124 Å². The van der Waals surface area contributed by atoms with E-state index in [-0.39, 0.29) is 17.5 Å². The van der Waals surface area contributed by atoms with E-state index in [2.05, 4.69) is 18.8 Å². The van der Waals surface area contributed by atoms with Gasteiger partial charge in [-0.05, 0) is 25.0 Å². The van der Waals surface area contributed by atoms with E-state index in [0.717, 1.165) is 6.54 Å². The molecule has 2 heterocycles. The number of anilines is 1. The van der Waals surface area contributed by atoms with Crippen molar-refractivity contribution >= 4 is 17.6 Å². The standard InChI is InChI=1S/C15H22N4O2/c1-10(2)9-18-7-8-19(11(3)14(18)20)15(21)12-5-4-6-13(16)17-12/h4-6,10-11H,7-9H2,1-3H3,(H2,16,17). The zero-order valence-electron chi connectivity index (χ0n) is 12.7. The first-order valence-electron chi connectivity index (χ1n) is 7.22. The van der Waals surface area contributed by atoms with Crippen LogP contribution in [-0.2, 0) is 4.79 Å². The molecule has 1 aromatic rings. The lowest BCUT2D eigenvalue weighted by molar-refractivity contribution is -0.140. The van der Waals surface area contributed by atoms with Gasteiger partial charge < -0.3 is 15.5 Å². The topological polar surface area (TPSA) is 79.5 Å². The van der Waals surface area contributed by atoms with Crippen LogP contribution in [0.4, 0.5) is 5.82 Å². The minimum Gasteiger partial charge on any atom is -0.384 e. The van der Waals surface area contributed by atoms with Gasteiger partial charge in [-0.25, -0.2) is 4.98 Å². The number of rotatable bonds is 3. The van der Waals surface area contributed by atoms with E-state index >= 15 is 0 Å². The molecule has 6 heteroatoms. The molecule has 1 unspecified atom stereocenters. The van der Waals surface area contributed by atoms with Crippen molar-refractivity contribution in [3.63, 3.8) is 0 Å². The van der Waals surface area contributed by atoms with Crippen molar-refractivity contribution in [2.45, 2.75) is 26.8 Å². The third-order valence-corrected chi connectivity index (χ3v) is 3.58. The fraction of sp³-hybridized carbons (Fsp3) is 0.533. The maximum Gasteiger partial charge on any atom is 0.273 e. The lowest BCUT2D eigenvalue weighted by Gasteiger charge is -2.39. The van der Waals surface area contributed by atoms with E-state index in [1.165, 1.54) is 0 Å². The van der Waals surface area contributed by atoms with Gasteiger partial charge in [0.15, 0.2) is 0 Å². The van der Waals surface area contributed by atoms with Crippen LogP contribution in [0.15, 0.2) is 18.2 Å². The molecule has 0 aliphatic carbocycles. The molecule has 1 aliphatic rings. The average molecular weight is 290 g/mol. The predicted molar refractivity (Wildman–Crippen MR) is 80.6 cm³/mol. The van der Waals surface area contributed by atoms with Gasteiger partial charge in [0.05, 0.1) is 0 Å². The molecule has 2 amide bonds. The summed E-state index contributed by atoms with van der Waals surface area (Å²) in [7, 11) is 0. The minimum atomic E-state index is -0.465. The number of pyridine rings is 1. The Bertz CT molecular complexity index is 544. The maximum absolute atomic E-state index is 12.5. The number of aromatic nitrogens is 1. The van der Waals surface area contributed by atoms with Gasteiger partial charge in [0.1, 0.15) is 17.6 Å². The van der Waals surface area contributed by atoms with Crippen molar-refractivity contribution in [2.24, 2.45) is 5.92 Å². The largest absolute Gasteiger partial charge is 0.384 e. The van der Waals surface area contributed by atoms with Crippen LogP contribution in [0.2, 0.25) is 0 Å². The summed E-state index contributed by atoms with van der Waals surface area (Å²) in [5.74, 6) is 0.469. The highest BCUT2D eigenvalue weighted by Gasteiger charge is 2.35. The van der Waals surface area contributed by atoms with Crippen molar-refractivity contribution in [2.75, 3.05) is 25.4 Å². The first kappa shape index (κ1) is 15.3. The van der Waals surface area contributed by atoms with Crippen LogP contribution in [0.1, 0.15) is 31.3 Å². The van der Waals surface area contributed by atoms with Gasteiger partial charge in [0.2, 0.25) is 5.91 Å². The smallest absolute Gasteiger partial charge is 0.273 e. The number of nitrogens with zero attached hydrogens (tertiary/aromatic N) is 3. The van der Waals surface area contributed by atoms with Gasteiger partial charge >= 0.3 is 0 Å². The molecular weight excluding hydrogens is 268 g/mol. The Balaban J connectivity index is 2.12. The van der Waals surface area contributed by atoms with Crippen LogP contribution in [-0.4, -0.2) is 52.3 Å². The van der Waals surface area contributed by atoms with Crippen molar-refractivity contribution < 1.29 is 9.59 Å². The first-order chi connectivity index (χ1) is 9.90. The number of carbonyl (C=O) groups excluding carboxylic acids is 2. The van der Waals surface area contributed by atoms with Crippen LogP contribution in [0, 0.1) is 5.92 Å². The number of amides is 2. The summed E-state index contributed by atoms with van der Waals surface area (Å²) >= 11 is 0. The summed E-state index contributed by atoms with van der Waals surface area (Å²) in [5.41, 5.74) is 5.89. The molecule has 1 aromatic heterocycles. The first-order valence-corrected chi connectivity index (χ1v) is 7.22. The molecule has 1 aliphatic heterocycles. The number of carbonyl (C=O) groups is 2. The molecule has 0 saturated carbocycles. The second-order valence-electron chi connectivity index (χ2n) is 5.80. The maximum atomic E-state index is 12.5. The number of nitrogen functional groups attached to an aromatic ring is 1. The summed E-state index contributed by atoms with van der Waals surface area (Å²) < 4.78 is 0. The normalized spacial score (nSPS) is 19.2. The van der Waals surface area contributed by atoms with E-state index in [1.807, 2.05) is 4.90 Å². The summed E-state index contributed by atoms with van der Waals surface area (Å²) in [4.78, 5) is 32.3. The van der Waals surface area contributed by atoms with Gasteiger partial charge in [-0.1, -0.05) is 19.9 Å². The fourth-order valence-electron chi connectivity index (χ4n) is 2.55. The SMILES string of the molecule is CC(C)CN1CCN(C(=O)c2cccc(N)n2)C(C)C1=O. The Morgan fingerprint density at radius 3 is 2.76 bits per heavy atom. The molecule has 2 rings (SSSR count). The highest BCUT2D eigenvalue weighted by molar-refractivity contribution is 5.97. The molecule has 2 N–H and O–H groups in total. The number of hydrogen-bond acceptors (Lipinski definition) is 4. The Hall–Kier alpha value is -2.11. The van der Waals surface area contributed by atoms with Crippen LogP contribution >= 0.6 is 0 Å². The number of piperazine rings is 1. The lowest BCUT2D eigenvalue weighted by Crippen LogP contribution is -2.58. The quantitative estimate of drug-likeness (QED) is 0.900. The lowest BCUT2D eigenvalue weighted by atomic mass is 10.1. The molecule has 114 valence electrons. The van der Waals surface area contributed by atoms with Crippen molar-refractivity contribution in [1.29, 1.82) is 0 Å². The predicted octanol–water partition coefficient (Wildman–Crippen LogP) is 0.993. The monoisotopic (exact) mass is 290 g/mol. The molecule has 1 saturated heterocycles. The molecule has 0 spiro atoms. The minimum absolute atomic E-state index is 0.00722. The second kappa shape index (κ2) is 6.11. The van der Waals surface area contributed by atoms with E-state index in [4.69, 9.17) is 5.73 Å². The van der Waals surface area contributed by atoms with E-state index < -0.39 is 6.04 Å². The van der Waals surface area contributed by atoms with E-state index in [1.54, 1.807) is 30.0 Å².